The molecule has 2 N–H and O–H groups in total. The van der Waals surface area contributed by atoms with Gasteiger partial charge in [-0.1, -0.05) is 42.5 Å². The summed E-state index contributed by atoms with van der Waals surface area (Å²) >= 11 is 0. The normalized spacial score (nSPS) is 12.1. The van der Waals surface area contributed by atoms with Crippen molar-refractivity contribution in [2.75, 3.05) is 20.2 Å². The number of rotatable bonds is 9. The van der Waals surface area contributed by atoms with Crippen LogP contribution in [0.5, 0.6) is 0 Å². The van der Waals surface area contributed by atoms with Crippen LogP contribution in [0.25, 0.3) is 5.69 Å². The minimum absolute atomic E-state index is 0. The Morgan fingerprint density at radius 1 is 1.10 bits per heavy atom. The van der Waals surface area contributed by atoms with Crippen molar-refractivity contribution in [2.24, 2.45) is 4.99 Å². The molecule has 0 amide bonds. The van der Waals surface area contributed by atoms with E-state index in [2.05, 4.69) is 51.9 Å². The van der Waals surface area contributed by atoms with Crippen LogP contribution in [0.15, 0.2) is 78.0 Å². The molecule has 160 valence electrons. The summed E-state index contributed by atoms with van der Waals surface area (Å²) in [5.74, 6) is 0.783. The maximum Gasteiger partial charge on any atom is 0.191 e. The van der Waals surface area contributed by atoms with E-state index in [-0.39, 0.29) is 30.1 Å². The maximum absolute atomic E-state index is 5.91. The van der Waals surface area contributed by atoms with Crippen LogP contribution in [-0.4, -0.2) is 35.9 Å². The van der Waals surface area contributed by atoms with Gasteiger partial charge in [0, 0.05) is 39.1 Å². The lowest BCUT2D eigenvalue weighted by molar-refractivity contribution is 0.0646. The fourth-order valence-electron chi connectivity index (χ4n) is 3.00. The Morgan fingerprint density at radius 2 is 1.93 bits per heavy atom. The SMILES string of the molecule is CN=C(NCCCOC(C)c1ccccc1)NCc1cccc(-n2cccn2)c1.I. The molecule has 1 heterocycles. The van der Waals surface area contributed by atoms with Crippen molar-refractivity contribution in [1.29, 1.82) is 0 Å². The van der Waals surface area contributed by atoms with Crippen molar-refractivity contribution in [3.05, 3.63) is 84.2 Å². The van der Waals surface area contributed by atoms with Gasteiger partial charge in [-0.3, -0.25) is 4.99 Å². The van der Waals surface area contributed by atoms with Crippen LogP contribution in [0.2, 0.25) is 0 Å². The lowest BCUT2D eigenvalue weighted by Crippen LogP contribution is -2.37. The number of nitrogens with zero attached hydrogens (tertiary/aromatic N) is 3. The Kier molecular flexibility index (Phi) is 10.4. The first-order valence-electron chi connectivity index (χ1n) is 9.96. The van der Waals surface area contributed by atoms with E-state index in [9.17, 15) is 0 Å². The van der Waals surface area contributed by atoms with Crippen molar-refractivity contribution in [3.63, 3.8) is 0 Å². The van der Waals surface area contributed by atoms with E-state index in [1.807, 2.05) is 47.3 Å². The summed E-state index contributed by atoms with van der Waals surface area (Å²) in [6.07, 6.45) is 4.73. The highest BCUT2D eigenvalue weighted by Crippen LogP contribution is 2.15. The first-order valence-corrected chi connectivity index (χ1v) is 9.96. The molecule has 0 saturated carbocycles. The maximum atomic E-state index is 5.91. The topological polar surface area (TPSA) is 63.5 Å². The minimum Gasteiger partial charge on any atom is -0.374 e. The standard InChI is InChI=1S/C23H29N5O.HI/c1-19(21-10-4-3-5-11-21)29-16-8-13-25-23(24-2)26-18-20-9-6-12-22(17-20)28-15-7-14-27-28;/h3-7,9-12,14-15,17,19H,8,13,16,18H2,1-2H3,(H2,24,25,26);1H. The van der Waals surface area contributed by atoms with Crippen LogP contribution in [-0.2, 0) is 11.3 Å². The molecule has 2 aromatic carbocycles. The molecule has 3 rings (SSSR count). The summed E-state index contributed by atoms with van der Waals surface area (Å²) in [6.45, 7) is 4.28. The van der Waals surface area contributed by atoms with Gasteiger partial charge in [-0.25, -0.2) is 4.68 Å². The molecule has 0 aliphatic rings. The number of halogens is 1. The number of aromatic nitrogens is 2. The van der Waals surface area contributed by atoms with Crippen molar-refractivity contribution >= 4 is 29.9 Å². The molecule has 1 unspecified atom stereocenters. The van der Waals surface area contributed by atoms with Gasteiger partial charge in [-0.05, 0) is 42.7 Å². The number of hydrogen-bond donors (Lipinski definition) is 2. The van der Waals surface area contributed by atoms with Crippen LogP contribution < -0.4 is 10.6 Å². The third kappa shape index (κ3) is 7.46. The van der Waals surface area contributed by atoms with Crippen LogP contribution in [0, 0.1) is 0 Å². The van der Waals surface area contributed by atoms with Gasteiger partial charge < -0.3 is 15.4 Å². The lowest BCUT2D eigenvalue weighted by Gasteiger charge is -2.15. The van der Waals surface area contributed by atoms with Crippen molar-refractivity contribution in [3.8, 4) is 5.69 Å². The Labute approximate surface area is 195 Å². The van der Waals surface area contributed by atoms with Crippen LogP contribution in [0.4, 0.5) is 0 Å². The largest absolute Gasteiger partial charge is 0.374 e. The predicted octanol–water partition coefficient (Wildman–Crippen LogP) is 4.32. The number of hydrogen-bond acceptors (Lipinski definition) is 3. The van der Waals surface area contributed by atoms with Crippen molar-refractivity contribution in [1.82, 2.24) is 20.4 Å². The fraction of sp³-hybridized carbons (Fsp3) is 0.304. The molecule has 1 atom stereocenters. The summed E-state index contributed by atoms with van der Waals surface area (Å²) in [7, 11) is 1.78. The third-order valence-corrected chi connectivity index (χ3v) is 4.61. The van der Waals surface area contributed by atoms with Crippen molar-refractivity contribution in [2.45, 2.75) is 26.0 Å². The zero-order valence-electron chi connectivity index (χ0n) is 17.5. The Bertz CT molecular complexity index is 884. The first kappa shape index (κ1) is 23.9. The summed E-state index contributed by atoms with van der Waals surface area (Å²) in [4.78, 5) is 4.29. The molecule has 0 radical (unpaired) electrons. The Hall–Kier alpha value is -2.39. The molecular weight excluding hydrogens is 489 g/mol. The second-order valence-corrected chi connectivity index (χ2v) is 6.75. The van der Waals surface area contributed by atoms with Gasteiger partial charge in [-0.15, -0.1) is 24.0 Å². The van der Waals surface area contributed by atoms with Gasteiger partial charge in [0.05, 0.1) is 11.8 Å². The lowest BCUT2D eigenvalue weighted by atomic mass is 10.1. The van der Waals surface area contributed by atoms with E-state index < -0.39 is 0 Å². The zero-order chi connectivity index (χ0) is 20.3. The molecule has 30 heavy (non-hydrogen) atoms. The molecule has 6 nitrogen and oxygen atoms in total. The summed E-state index contributed by atoms with van der Waals surface area (Å²) in [5.41, 5.74) is 3.41. The smallest absolute Gasteiger partial charge is 0.191 e. The molecule has 0 spiro atoms. The van der Waals surface area contributed by atoms with Gasteiger partial charge in [0.15, 0.2) is 5.96 Å². The highest BCUT2D eigenvalue weighted by molar-refractivity contribution is 14.0. The number of aliphatic imine (C=N–C) groups is 1. The Morgan fingerprint density at radius 3 is 2.67 bits per heavy atom. The molecule has 0 aliphatic carbocycles. The number of ether oxygens (including phenoxy) is 1. The number of nitrogens with one attached hydrogen (secondary N) is 2. The first-order chi connectivity index (χ1) is 14.3. The molecular formula is C23H30IN5O. The zero-order valence-corrected chi connectivity index (χ0v) is 19.8. The molecule has 7 heteroatoms. The van der Waals surface area contributed by atoms with E-state index in [1.54, 1.807) is 13.2 Å². The number of guanidine groups is 1. The van der Waals surface area contributed by atoms with E-state index in [0.29, 0.717) is 13.2 Å². The van der Waals surface area contributed by atoms with E-state index in [1.165, 1.54) is 11.1 Å². The van der Waals surface area contributed by atoms with Crippen LogP contribution >= 0.6 is 24.0 Å². The molecule has 0 fully saturated rings. The summed E-state index contributed by atoms with van der Waals surface area (Å²) < 4.78 is 7.77. The van der Waals surface area contributed by atoms with Crippen molar-refractivity contribution < 1.29 is 4.74 Å². The molecule has 0 bridgehead atoms. The van der Waals surface area contributed by atoms with Gasteiger partial charge in [0.1, 0.15) is 0 Å². The monoisotopic (exact) mass is 519 g/mol. The van der Waals surface area contributed by atoms with Gasteiger partial charge in [-0.2, -0.15) is 5.10 Å². The summed E-state index contributed by atoms with van der Waals surface area (Å²) in [6, 6.07) is 20.5. The van der Waals surface area contributed by atoms with Gasteiger partial charge in [0.2, 0.25) is 0 Å². The van der Waals surface area contributed by atoms with E-state index in [0.717, 1.165) is 24.6 Å². The molecule has 0 saturated heterocycles. The molecule has 3 aromatic rings. The Balaban J connectivity index is 0.00000320. The second-order valence-electron chi connectivity index (χ2n) is 6.75. The van der Waals surface area contributed by atoms with Gasteiger partial charge in [0.25, 0.3) is 0 Å². The van der Waals surface area contributed by atoms with E-state index in [4.69, 9.17) is 4.74 Å². The van der Waals surface area contributed by atoms with E-state index >= 15 is 0 Å². The third-order valence-electron chi connectivity index (χ3n) is 4.61. The average Bonchev–Trinajstić information content (AvgIpc) is 3.31. The molecule has 0 aliphatic heterocycles. The quantitative estimate of drug-likeness (QED) is 0.191. The summed E-state index contributed by atoms with van der Waals surface area (Å²) in [5, 5.41) is 11.0. The minimum atomic E-state index is 0. The fourth-order valence-corrected chi connectivity index (χ4v) is 3.00. The average molecular weight is 519 g/mol. The second kappa shape index (κ2) is 13.0. The predicted molar refractivity (Wildman–Crippen MR) is 133 cm³/mol. The van der Waals surface area contributed by atoms with Crippen LogP contribution in [0.3, 0.4) is 0 Å². The molecule has 1 aromatic heterocycles. The highest BCUT2D eigenvalue weighted by atomic mass is 127. The van der Waals surface area contributed by atoms with Crippen LogP contribution in [0.1, 0.15) is 30.6 Å². The van der Waals surface area contributed by atoms with Gasteiger partial charge >= 0.3 is 0 Å². The number of benzene rings is 2. The highest BCUT2D eigenvalue weighted by Gasteiger charge is 2.05.